The maximum Gasteiger partial charge on any atom is 0.253 e. The SMILES string of the molecule is Oc1nc(N/N=C2\CCCCc3ccccc32)sc1N=Nc1cccc(Cl)c1. The van der Waals surface area contributed by atoms with Gasteiger partial charge in [-0.1, -0.05) is 53.3 Å². The molecule has 28 heavy (non-hydrogen) atoms. The average molecular weight is 412 g/mol. The van der Waals surface area contributed by atoms with Crippen LogP contribution in [-0.4, -0.2) is 15.8 Å². The normalized spacial score (nSPS) is 15.5. The smallest absolute Gasteiger partial charge is 0.253 e. The van der Waals surface area contributed by atoms with Crippen LogP contribution < -0.4 is 5.43 Å². The molecule has 0 fully saturated rings. The summed E-state index contributed by atoms with van der Waals surface area (Å²) in [6.45, 7) is 0. The number of aromatic hydroxyl groups is 1. The van der Waals surface area contributed by atoms with Crippen molar-refractivity contribution in [1.29, 1.82) is 0 Å². The first-order valence-corrected chi connectivity index (χ1v) is 10.2. The molecule has 1 aliphatic carbocycles. The number of azo groups is 1. The Bertz CT molecular complexity index is 1050. The minimum atomic E-state index is -0.181. The van der Waals surface area contributed by atoms with Crippen molar-refractivity contribution in [3.8, 4) is 5.88 Å². The van der Waals surface area contributed by atoms with E-state index < -0.39 is 0 Å². The molecule has 0 radical (unpaired) electrons. The van der Waals surface area contributed by atoms with Crippen molar-refractivity contribution in [3.05, 3.63) is 64.7 Å². The van der Waals surface area contributed by atoms with Gasteiger partial charge in [0.1, 0.15) is 0 Å². The van der Waals surface area contributed by atoms with Crippen molar-refractivity contribution in [2.24, 2.45) is 15.3 Å². The zero-order valence-corrected chi connectivity index (χ0v) is 16.5. The molecule has 2 aromatic carbocycles. The number of benzene rings is 2. The Hall–Kier alpha value is -2.77. The maximum atomic E-state index is 10.0. The van der Waals surface area contributed by atoms with E-state index in [1.807, 2.05) is 6.07 Å². The molecule has 1 aromatic heterocycles. The lowest BCUT2D eigenvalue weighted by Gasteiger charge is -2.07. The van der Waals surface area contributed by atoms with Crippen LogP contribution in [0.2, 0.25) is 5.02 Å². The van der Waals surface area contributed by atoms with Crippen LogP contribution in [0.25, 0.3) is 0 Å². The fourth-order valence-electron chi connectivity index (χ4n) is 3.05. The molecule has 4 rings (SSSR count). The van der Waals surface area contributed by atoms with Crippen LogP contribution in [0.3, 0.4) is 0 Å². The summed E-state index contributed by atoms with van der Waals surface area (Å²) in [5, 5.41) is 24.1. The second-order valence-electron chi connectivity index (χ2n) is 6.36. The number of hydrogen-bond acceptors (Lipinski definition) is 7. The Labute approximate surface area is 171 Å². The average Bonchev–Trinajstić information content (AvgIpc) is 2.92. The monoisotopic (exact) mass is 411 g/mol. The number of aryl methyl sites for hydroxylation is 1. The predicted molar refractivity (Wildman–Crippen MR) is 114 cm³/mol. The second-order valence-corrected chi connectivity index (χ2v) is 7.78. The van der Waals surface area contributed by atoms with E-state index >= 15 is 0 Å². The Kier molecular flexibility index (Phi) is 5.64. The van der Waals surface area contributed by atoms with Crippen LogP contribution >= 0.6 is 22.9 Å². The lowest BCUT2D eigenvalue weighted by Crippen LogP contribution is -2.05. The fourth-order valence-corrected chi connectivity index (χ4v) is 3.86. The quantitative estimate of drug-likeness (QED) is 0.293. The molecular formula is C20H18ClN5OS. The van der Waals surface area contributed by atoms with Gasteiger partial charge in [-0.2, -0.15) is 10.1 Å². The zero-order valence-electron chi connectivity index (χ0n) is 15.0. The summed E-state index contributed by atoms with van der Waals surface area (Å²) in [5.41, 5.74) is 7.06. The third-order valence-electron chi connectivity index (χ3n) is 4.38. The van der Waals surface area contributed by atoms with E-state index in [-0.39, 0.29) is 5.88 Å². The number of hydrazone groups is 1. The van der Waals surface area contributed by atoms with Crippen molar-refractivity contribution >= 4 is 44.5 Å². The Morgan fingerprint density at radius 1 is 1.04 bits per heavy atom. The summed E-state index contributed by atoms with van der Waals surface area (Å²) in [6, 6.07) is 15.4. The number of thiazole rings is 1. The number of rotatable bonds is 4. The molecule has 0 saturated heterocycles. The fraction of sp³-hybridized carbons (Fsp3) is 0.200. The van der Waals surface area contributed by atoms with E-state index in [9.17, 15) is 5.11 Å². The summed E-state index contributed by atoms with van der Waals surface area (Å²) in [4.78, 5) is 4.08. The Balaban J connectivity index is 1.52. The molecule has 1 heterocycles. The molecule has 6 nitrogen and oxygen atoms in total. The molecule has 0 bridgehead atoms. The van der Waals surface area contributed by atoms with Gasteiger partial charge in [0.25, 0.3) is 5.88 Å². The van der Waals surface area contributed by atoms with Crippen molar-refractivity contribution in [2.75, 3.05) is 5.43 Å². The summed E-state index contributed by atoms with van der Waals surface area (Å²) >= 11 is 7.12. The minimum absolute atomic E-state index is 0.181. The highest BCUT2D eigenvalue weighted by Gasteiger charge is 2.14. The molecule has 0 amide bonds. The van der Waals surface area contributed by atoms with Crippen molar-refractivity contribution in [1.82, 2.24) is 4.98 Å². The number of hydrogen-bond donors (Lipinski definition) is 2. The molecule has 142 valence electrons. The number of aromatic nitrogens is 1. The maximum absolute atomic E-state index is 10.0. The predicted octanol–water partition coefficient (Wildman–Crippen LogP) is 6.46. The van der Waals surface area contributed by atoms with Crippen LogP contribution in [0.1, 0.15) is 30.4 Å². The largest absolute Gasteiger partial charge is 0.491 e. The van der Waals surface area contributed by atoms with Crippen molar-refractivity contribution < 1.29 is 5.11 Å². The molecule has 3 aromatic rings. The first-order chi connectivity index (χ1) is 13.7. The lowest BCUT2D eigenvalue weighted by molar-refractivity contribution is 0.459. The first-order valence-electron chi connectivity index (χ1n) is 8.97. The van der Waals surface area contributed by atoms with Gasteiger partial charge in [0.2, 0.25) is 10.1 Å². The molecule has 1 aliphatic rings. The van der Waals surface area contributed by atoms with Crippen molar-refractivity contribution in [3.63, 3.8) is 0 Å². The third-order valence-corrected chi connectivity index (χ3v) is 5.45. The molecule has 2 N–H and O–H groups in total. The number of fused-ring (bicyclic) bond motifs is 1. The first kappa shape index (κ1) is 18.6. The summed E-state index contributed by atoms with van der Waals surface area (Å²) in [7, 11) is 0. The number of anilines is 1. The Morgan fingerprint density at radius 2 is 1.89 bits per heavy atom. The van der Waals surface area contributed by atoms with E-state index in [0.29, 0.717) is 20.8 Å². The number of nitrogens with one attached hydrogen (secondary N) is 1. The van der Waals surface area contributed by atoms with Gasteiger partial charge in [-0.3, -0.25) is 5.43 Å². The zero-order chi connectivity index (χ0) is 19.3. The van der Waals surface area contributed by atoms with Gasteiger partial charge < -0.3 is 5.11 Å². The number of halogens is 1. The molecule has 0 saturated carbocycles. The van der Waals surface area contributed by atoms with Gasteiger partial charge in [0, 0.05) is 10.6 Å². The standard InChI is InChI=1S/C20H18ClN5OS/c21-14-8-5-9-15(12-14)23-25-19-18(27)22-20(28-19)26-24-17-11-4-2-7-13-6-1-3-10-16(13)17/h1,3,5-6,8-10,12,27H,2,4,7,11H2,(H,22,26)/b24-17+,25-23?. The minimum Gasteiger partial charge on any atom is -0.491 e. The highest BCUT2D eigenvalue weighted by Crippen LogP contribution is 2.37. The molecule has 8 heteroatoms. The molecular weight excluding hydrogens is 394 g/mol. The number of nitrogens with zero attached hydrogens (tertiary/aromatic N) is 4. The van der Waals surface area contributed by atoms with E-state index in [0.717, 1.165) is 31.4 Å². The van der Waals surface area contributed by atoms with Crippen molar-refractivity contribution in [2.45, 2.75) is 25.7 Å². The van der Waals surface area contributed by atoms with E-state index in [1.54, 1.807) is 24.3 Å². The molecule has 0 aliphatic heterocycles. The van der Waals surface area contributed by atoms with Gasteiger partial charge in [-0.05, 0) is 49.4 Å². The highest BCUT2D eigenvalue weighted by atomic mass is 35.5. The van der Waals surface area contributed by atoms with Crippen LogP contribution in [0.4, 0.5) is 15.8 Å². The summed E-state index contributed by atoms with van der Waals surface area (Å²) < 4.78 is 0. The van der Waals surface area contributed by atoms with Gasteiger partial charge in [-0.15, -0.1) is 10.2 Å². The van der Waals surface area contributed by atoms with Gasteiger partial charge >= 0.3 is 0 Å². The molecule has 0 spiro atoms. The molecule has 0 atom stereocenters. The van der Waals surface area contributed by atoms with Gasteiger partial charge in [0.15, 0.2) is 0 Å². The molecule has 0 unspecified atom stereocenters. The van der Waals surface area contributed by atoms with Crippen LogP contribution in [0.5, 0.6) is 5.88 Å². The summed E-state index contributed by atoms with van der Waals surface area (Å²) in [6.07, 6.45) is 4.23. The van der Waals surface area contributed by atoms with E-state index in [2.05, 4.69) is 43.9 Å². The highest BCUT2D eigenvalue weighted by molar-refractivity contribution is 7.19. The van der Waals surface area contributed by atoms with Gasteiger partial charge in [-0.25, -0.2) is 0 Å². The van der Waals surface area contributed by atoms with Crippen LogP contribution in [-0.2, 0) is 6.42 Å². The third kappa shape index (κ3) is 4.37. The van der Waals surface area contributed by atoms with Crippen LogP contribution in [0, 0.1) is 0 Å². The van der Waals surface area contributed by atoms with E-state index in [4.69, 9.17) is 11.6 Å². The van der Waals surface area contributed by atoms with Crippen LogP contribution in [0.15, 0.2) is 63.9 Å². The topological polar surface area (TPSA) is 82.2 Å². The van der Waals surface area contributed by atoms with E-state index in [1.165, 1.54) is 22.5 Å². The van der Waals surface area contributed by atoms with Gasteiger partial charge in [0.05, 0.1) is 11.4 Å². The Morgan fingerprint density at radius 3 is 2.79 bits per heavy atom. The second kappa shape index (κ2) is 8.50. The summed E-state index contributed by atoms with van der Waals surface area (Å²) in [5.74, 6) is -0.181. The lowest BCUT2D eigenvalue weighted by atomic mass is 10.0.